The Morgan fingerprint density at radius 1 is 1.29 bits per heavy atom. The van der Waals surface area contributed by atoms with Gasteiger partial charge in [-0.15, -0.1) is 0 Å². The minimum Gasteiger partial charge on any atom is -0.369 e. The monoisotopic (exact) mass is 233 g/mol. The highest BCUT2D eigenvalue weighted by Crippen LogP contribution is 2.34. The zero-order chi connectivity index (χ0) is 12.9. The van der Waals surface area contributed by atoms with E-state index in [2.05, 4.69) is 32.9 Å². The first kappa shape index (κ1) is 13.8. The van der Waals surface area contributed by atoms with E-state index in [9.17, 15) is 4.79 Å². The van der Waals surface area contributed by atoms with Crippen molar-refractivity contribution < 1.29 is 4.79 Å². The van der Waals surface area contributed by atoms with Crippen LogP contribution < -0.4 is 5.73 Å². The highest BCUT2D eigenvalue weighted by molar-refractivity contribution is 5.81. The van der Waals surface area contributed by atoms with Crippen LogP contribution in [0, 0.1) is 11.3 Å². The van der Waals surface area contributed by atoms with Crippen molar-refractivity contribution in [1.82, 2.24) is 0 Å². The number of benzene rings is 1. The Balaban J connectivity index is 2.94. The van der Waals surface area contributed by atoms with Gasteiger partial charge in [-0.3, -0.25) is 4.79 Å². The number of rotatable bonds is 6. The summed E-state index contributed by atoms with van der Waals surface area (Å²) < 4.78 is 0. The predicted molar refractivity (Wildman–Crippen MR) is 71.5 cm³/mol. The third-order valence-electron chi connectivity index (χ3n) is 3.38. The SMILES string of the molecule is CCC(Cc1ccccc1)(CC(C)C)C(N)=O. The number of hydrogen-bond acceptors (Lipinski definition) is 1. The summed E-state index contributed by atoms with van der Waals surface area (Å²) in [4.78, 5) is 11.8. The number of carbonyl (C=O) groups excluding carboxylic acids is 1. The molecular weight excluding hydrogens is 210 g/mol. The van der Waals surface area contributed by atoms with Crippen LogP contribution >= 0.6 is 0 Å². The minimum absolute atomic E-state index is 0.169. The van der Waals surface area contributed by atoms with Crippen LogP contribution in [-0.2, 0) is 11.2 Å². The number of primary amides is 1. The van der Waals surface area contributed by atoms with Gasteiger partial charge in [0.15, 0.2) is 0 Å². The maximum atomic E-state index is 11.8. The molecular formula is C15H23NO. The highest BCUT2D eigenvalue weighted by Gasteiger charge is 2.35. The second-order valence-corrected chi connectivity index (χ2v) is 5.26. The van der Waals surface area contributed by atoms with Gasteiger partial charge in [-0.25, -0.2) is 0 Å². The Morgan fingerprint density at radius 3 is 2.29 bits per heavy atom. The Morgan fingerprint density at radius 2 is 1.88 bits per heavy atom. The third kappa shape index (κ3) is 3.58. The second kappa shape index (κ2) is 5.85. The quantitative estimate of drug-likeness (QED) is 0.805. The number of nitrogens with two attached hydrogens (primary N) is 1. The number of hydrogen-bond donors (Lipinski definition) is 1. The molecule has 2 nitrogen and oxygen atoms in total. The molecule has 0 aliphatic heterocycles. The standard InChI is InChI=1S/C15H23NO/c1-4-15(14(16)17,10-12(2)3)11-13-8-6-5-7-9-13/h5-9,12H,4,10-11H2,1-3H3,(H2,16,17). The van der Waals surface area contributed by atoms with Gasteiger partial charge in [0, 0.05) is 0 Å². The lowest BCUT2D eigenvalue weighted by molar-refractivity contribution is -0.128. The van der Waals surface area contributed by atoms with Crippen molar-refractivity contribution in [3.8, 4) is 0 Å². The van der Waals surface area contributed by atoms with Gasteiger partial charge < -0.3 is 5.73 Å². The van der Waals surface area contributed by atoms with Crippen molar-refractivity contribution in [2.24, 2.45) is 17.1 Å². The molecule has 1 unspecified atom stereocenters. The Kier molecular flexibility index (Phi) is 4.73. The topological polar surface area (TPSA) is 43.1 Å². The van der Waals surface area contributed by atoms with Crippen molar-refractivity contribution in [1.29, 1.82) is 0 Å². The summed E-state index contributed by atoms with van der Waals surface area (Å²) in [7, 11) is 0. The molecule has 0 saturated carbocycles. The molecule has 94 valence electrons. The van der Waals surface area contributed by atoms with Crippen LogP contribution in [0.1, 0.15) is 39.2 Å². The minimum atomic E-state index is -0.393. The molecule has 1 aromatic carbocycles. The molecule has 1 rings (SSSR count). The molecule has 1 amide bonds. The van der Waals surface area contributed by atoms with Crippen LogP contribution in [0.3, 0.4) is 0 Å². The van der Waals surface area contributed by atoms with E-state index in [0.29, 0.717) is 5.92 Å². The smallest absolute Gasteiger partial charge is 0.223 e. The van der Waals surface area contributed by atoms with Crippen LogP contribution in [0.5, 0.6) is 0 Å². The normalized spacial score (nSPS) is 14.6. The van der Waals surface area contributed by atoms with Crippen LogP contribution in [-0.4, -0.2) is 5.91 Å². The maximum absolute atomic E-state index is 11.8. The van der Waals surface area contributed by atoms with Gasteiger partial charge in [0.2, 0.25) is 5.91 Å². The van der Waals surface area contributed by atoms with E-state index in [1.54, 1.807) is 0 Å². The molecule has 0 bridgehead atoms. The summed E-state index contributed by atoms with van der Waals surface area (Å²) in [5.74, 6) is 0.309. The predicted octanol–water partition coefficient (Wildman–Crippen LogP) is 3.16. The van der Waals surface area contributed by atoms with Gasteiger partial charge in [-0.2, -0.15) is 0 Å². The van der Waals surface area contributed by atoms with Crippen LogP contribution in [0.25, 0.3) is 0 Å². The van der Waals surface area contributed by atoms with E-state index in [4.69, 9.17) is 5.73 Å². The third-order valence-corrected chi connectivity index (χ3v) is 3.38. The van der Waals surface area contributed by atoms with Crippen molar-refractivity contribution in [2.45, 2.75) is 40.0 Å². The molecule has 0 aliphatic rings. The fourth-order valence-electron chi connectivity index (χ4n) is 2.47. The molecule has 1 atom stereocenters. The molecule has 17 heavy (non-hydrogen) atoms. The molecule has 2 heteroatoms. The van der Waals surface area contributed by atoms with Crippen molar-refractivity contribution in [3.63, 3.8) is 0 Å². The first-order valence-corrected chi connectivity index (χ1v) is 6.34. The fraction of sp³-hybridized carbons (Fsp3) is 0.533. The molecule has 0 fully saturated rings. The zero-order valence-corrected chi connectivity index (χ0v) is 11.1. The van der Waals surface area contributed by atoms with Gasteiger partial charge in [-0.05, 0) is 30.7 Å². The number of amides is 1. The lowest BCUT2D eigenvalue weighted by Crippen LogP contribution is -2.39. The van der Waals surface area contributed by atoms with Gasteiger partial charge >= 0.3 is 0 Å². The number of carbonyl (C=O) groups is 1. The summed E-state index contributed by atoms with van der Waals surface area (Å²) in [5.41, 5.74) is 6.43. The van der Waals surface area contributed by atoms with E-state index >= 15 is 0 Å². The second-order valence-electron chi connectivity index (χ2n) is 5.26. The summed E-state index contributed by atoms with van der Waals surface area (Å²) in [6.07, 6.45) is 2.40. The molecule has 0 heterocycles. The molecule has 0 aliphatic carbocycles. The summed E-state index contributed by atoms with van der Waals surface area (Å²) in [5, 5.41) is 0. The largest absolute Gasteiger partial charge is 0.369 e. The first-order valence-electron chi connectivity index (χ1n) is 6.34. The molecule has 2 N–H and O–H groups in total. The summed E-state index contributed by atoms with van der Waals surface area (Å²) in [6, 6.07) is 10.1. The molecule has 0 radical (unpaired) electrons. The summed E-state index contributed by atoms with van der Waals surface area (Å²) in [6.45, 7) is 6.33. The Hall–Kier alpha value is -1.31. The molecule has 0 aromatic heterocycles. The van der Waals surface area contributed by atoms with Gasteiger partial charge in [0.1, 0.15) is 0 Å². The van der Waals surface area contributed by atoms with E-state index in [-0.39, 0.29) is 5.91 Å². The maximum Gasteiger partial charge on any atom is 0.223 e. The summed E-state index contributed by atoms with van der Waals surface area (Å²) >= 11 is 0. The van der Waals surface area contributed by atoms with Crippen molar-refractivity contribution in [2.75, 3.05) is 0 Å². The highest BCUT2D eigenvalue weighted by atomic mass is 16.1. The average Bonchev–Trinajstić information content (AvgIpc) is 2.28. The fourth-order valence-corrected chi connectivity index (χ4v) is 2.47. The Bertz CT molecular complexity index is 358. The van der Waals surface area contributed by atoms with Gasteiger partial charge in [0.05, 0.1) is 5.41 Å². The van der Waals surface area contributed by atoms with E-state index in [1.165, 1.54) is 5.56 Å². The van der Waals surface area contributed by atoms with Crippen LogP contribution in [0.2, 0.25) is 0 Å². The lowest BCUT2D eigenvalue weighted by Gasteiger charge is -2.31. The zero-order valence-electron chi connectivity index (χ0n) is 11.1. The van der Waals surface area contributed by atoms with E-state index in [0.717, 1.165) is 19.3 Å². The molecule has 0 spiro atoms. The van der Waals surface area contributed by atoms with Crippen LogP contribution in [0.15, 0.2) is 30.3 Å². The van der Waals surface area contributed by atoms with Crippen LogP contribution in [0.4, 0.5) is 0 Å². The van der Waals surface area contributed by atoms with Gasteiger partial charge in [-0.1, -0.05) is 51.1 Å². The van der Waals surface area contributed by atoms with E-state index < -0.39 is 5.41 Å². The van der Waals surface area contributed by atoms with Crippen molar-refractivity contribution >= 4 is 5.91 Å². The van der Waals surface area contributed by atoms with Gasteiger partial charge in [0.25, 0.3) is 0 Å². The van der Waals surface area contributed by atoms with E-state index in [1.807, 2.05) is 18.2 Å². The lowest BCUT2D eigenvalue weighted by atomic mass is 9.73. The van der Waals surface area contributed by atoms with Crippen molar-refractivity contribution in [3.05, 3.63) is 35.9 Å². The first-order chi connectivity index (χ1) is 8.00. The molecule has 0 saturated heterocycles. The molecule has 1 aromatic rings. The average molecular weight is 233 g/mol. The Labute approximate surface area is 104 Å².